The maximum absolute atomic E-state index is 12.5. The maximum atomic E-state index is 12.5. The van der Waals surface area contributed by atoms with Gasteiger partial charge in [0.05, 0.1) is 23.9 Å². The van der Waals surface area contributed by atoms with E-state index in [9.17, 15) is 4.79 Å². The molecular formula is C29H47N3O2. The molecule has 3 fully saturated rings. The second-order valence-electron chi connectivity index (χ2n) is 11.6. The Kier molecular flexibility index (Phi) is 8.42. The Morgan fingerprint density at radius 3 is 2.65 bits per heavy atom. The number of nitrogens with one attached hydrogen (secondary N) is 1. The summed E-state index contributed by atoms with van der Waals surface area (Å²) in [5, 5.41) is 3.57. The van der Waals surface area contributed by atoms with Crippen molar-refractivity contribution >= 4 is 17.5 Å². The number of pyridine rings is 1. The second-order valence-corrected chi connectivity index (χ2v) is 11.6. The predicted octanol–water partition coefficient (Wildman–Crippen LogP) is 6.60. The van der Waals surface area contributed by atoms with E-state index in [0.717, 1.165) is 92.6 Å². The number of hydrogen-bond donors (Lipinski definition) is 1. The lowest BCUT2D eigenvalue weighted by Crippen LogP contribution is -2.36. The molecule has 2 aliphatic carbocycles. The van der Waals surface area contributed by atoms with Gasteiger partial charge in [-0.15, -0.1) is 0 Å². The van der Waals surface area contributed by atoms with E-state index >= 15 is 0 Å². The third-order valence-corrected chi connectivity index (χ3v) is 9.56. The standard InChI is InChI=1S/C29H47N3O2/c1-21-10-6-7-11-25(21)22(2)24-14-19-32(20-24)27-13-12-26(23(3)31-27)30-18-17-29(28(33)34-4)15-8-5-9-16-29/h12-13,21-22,24-25,30H,5-11,14-20H2,1-4H3. The van der Waals surface area contributed by atoms with Crippen molar-refractivity contribution in [3.05, 3.63) is 17.8 Å². The van der Waals surface area contributed by atoms with Gasteiger partial charge >= 0.3 is 5.97 Å². The summed E-state index contributed by atoms with van der Waals surface area (Å²) < 4.78 is 5.18. The Hall–Kier alpha value is -1.78. The minimum Gasteiger partial charge on any atom is -0.469 e. The van der Waals surface area contributed by atoms with Crippen LogP contribution in [0.25, 0.3) is 0 Å². The van der Waals surface area contributed by atoms with Gasteiger partial charge in [0.1, 0.15) is 5.82 Å². The first-order chi connectivity index (χ1) is 16.4. The number of methoxy groups -OCH3 is 1. The summed E-state index contributed by atoms with van der Waals surface area (Å²) in [6.07, 6.45) is 13.2. The molecule has 1 aromatic rings. The van der Waals surface area contributed by atoms with Crippen molar-refractivity contribution < 1.29 is 9.53 Å². The van der Waals surface area contributed by atoms with Gasteiger partial charge in [0.25, 0.3) is 0 Å². The van der Waals surface area contributed by atoms with E-state index in [1.807, 2.05) is 0 Å². The monoisotopic (exact) mass is 469 g/mol. The summed E-state index contributed by atoms with van der Waals surface area (Å²) in [5.41, 5.74) is 1.82. The number of ether oxygens (including phenoxy) is 1. The zero-order valence-electron chi connectivity index (χ0n) is 22.1. The molecule has 0 amide bonds. The van der Waals surface area contributed by atoms with Crippen LogP contribution in [0.5, 0.6) is 0 Å². The van der Waals surface area contributed by atoms with Crippen molar-refractivity contribution in [1.82, 2.24) is 4.98 Å². The average Bonchev–Trinajstić information content (AvgIpc) is 3.35. The average molecular weight is 470 g/mol. The largest absolute Gasteiger partial charge is 0.469 e. The van der Waals surface area contributed by atoms with Crippen LogP contribution < -0.4 is 10.2 Å². The molecule has 0 radical (unpaired) electrons. The fourth-order valence-electron chi connectivity index (χ4n) is 7.25. The topological polar surface area (TPSA) is 54.5 Å². The van der Waals surface area contributed by atoms with E-state index in [2.05, 4.69) is 43.1 Å². The van der Waals surface area contributed by atoms with Gasteiger partial charge in [0.15, 0.2) is 0 Å². The minimum atomic E-state index is -0.307. The van der Waals surface area contributed by atoms with Gasteiger partial charge in [-0.25, -0.2) is 4.98 Å². The third-order valence-electron chi connectivity index (χ3n) is 9.56. The molecule has 0 aromatic carbocycles. The number of rotatable bonds is 8. The van der Waals surface area contributed by atoms with Crippen LogP contribution in [0.2, 0.25) is 0 Å². The van der Waals surface area contributed by atoms with E-state index in [0.29, 0.717) is 0 Å². The van der Waals surface area contributed by atoms with Crippen molar-refractivity contribution in [2.75, 3.05) is 37.0 Å². The lowest BCUT2D eigenvalue weighted by Gasteiger charge is -2.36. The zero-order chi connectivity index (χ0) is 24.1. The van der Waals surface area contributed by atoms with Gasteiger partial charge in [0.2, 0.25) is 0 Å². The number of esters is 1. The van der Waals surface area contributed by atoms with Crippen LogP contribution in [0.1, 0.15) is 90.2 Å². The van der Waals surface area contributed by atoms with Crippen LogP contribution in [-0.4, -0.2) is 37.7 Å². The third kappa shape index (κ3) is 5.54. The number of carbonyl (C=O) groups is 1. The van der Waals surface area contributed by atoms with E-state index in [4.69, 9.17) is 9.72 Å². The first-order valence-electron chi connectivity index (χ1n) is 14.0. The summed E-state index contributed by atoms with van der Waals surface area (Å²) in [4.78, 5) is 20.0. The minimum absolute atomic E-state index is 0.0281. The van der Waals surface area contributed by atoms with E-state index in [1.54, 1.807) is 0 Å². The lowest BCUT2D eigenvalue weighted by atomic mass is 9.69. The number of nitrogens with zero attached hydrogens (tertiary/aromatic N) is 2. The highest BCUT2D eigenvalue weighted by Gasteiger charge is 2.40. The highest BCUT2D eigenvalue weighted by Crippen LogP contribution is 2.42. The Labute approximate surface area is 207 Å². The highest BCUT2D eigenvalue weighted by molar-refractivity contribution is 5.77. The molecule has 2 saturated carbocycles. The molecule has 5 heteroatoms. The van der Waals surface area contributed by atoms with Crippen LogP contribution in [-0.2, 0) is 9.53 Å². The number of aromatic nitrogens is 1. The SMILES string of the molecule is COC(=O)C1(CCNc2ccc(N3CCC(C(C)C4CCCCC4C)C3)nc2C)CCCCC1. The van der Waals surface area contributed by atoms with Gasteiger partial charge in [-0.2, -0.15) is 0 Å². The fourth-order valence-corrected chi connectivity index (χ4v) is 7.25. The van der Waals surface area contributed by atoms with Crippen LogP contribution in [0.4, 0.5) is 11.5 Å². The highest BCUT2D eigenvalue weighted by atomic mass is 16.5. The summed E-state index contributed by atoms with van der Waals surface area (Å²) in [7, 11) is 1.53. The fraction of sp³-hybridized carbons (Fsp3) is 0.793. The van der Waals surface area contributed by atoms with Crippen LogP contribution in [0.3, 0.4) is 0 Å². The Morgan fingerprint density at radius 2 is 1.94 bits per heavy atom. The van der Waals surface area contributed by atoms with Gasteiger partial charge in [-0.1, -0.05) is 52.4 Å². The molecule has 4 atom stereocenters. The molecule has 4 rings (SSSR count). The van der Waals surface area contributed by atoms with E-state index < -0.39 is 0 Å². The number of hydrogen-bond acceptors (Lipinski definition) is 5. The number of anilines is 2. The predicted molar refractivity (Wildman–Crippen MR) is 140 cm³/mol. The first-order valence-corrected chi connectivity index (χ1v) is 14.0. The van der Waals surface area contributed by atoms with Crippen LogP contribution in [0, 0.1) is 36.0 Å². The Balaban J connectivity index is 1.32. The molecule has 1 aromatic heterocycles. The first kappa shape index (κ1) is 25.3. The summed E-state index contributed by atoms with van der Waals surface area (Å²) >= 11 is 0. The second kappa shape index (κ2) is 11.3. The molecule has 3 aliphatic rings. The number of carbonyl (C=O) groups excluding carboxylic acids is 1. The smallest absolute Gasteiger partial charge is 0.311 e. The molecule has 0 bridgehead atoms. The number of aryl methyl sites for hydroxylation is 1. The van der Waals surface area contributed by atoms with Gasteiger partial charge < -0.3 is 15.0 Å². The molecule has 34 heavy (non-hydrogen) atoms. The van der Waals surface area contributed by atoms with E-state index in [1.165, 1.54) is 45.6 Å². The van der Waals surface area contributed by atoms with Crippen LogP contribution in [0.15, 0.2) is 12.1 Å². The molecular weight excluding hydrogens is 422 g/mol. The van der Waals surface area contributed by atoms with Crippen molar-refractivity contribution in [2.24, 2.45) is 29.1 Å². The molecule has 190 valence electrons. The summed E-state index contributed by atoms with van der Waals surface area (Å²) in [6, 6.07) is 4.37. The molecule has 5 nitrogen and oxygen atoms in total. The molecule has 1 saturated heterocycles. The normalized spacial score (nSPS) is 27.9. The Morgan fingerprint density at radius 1 is 1.18 bits per heavy atom. The van der Waals surface area contributed by atoms with Crippen molar-refractivity contribution in [2.45, 2.75) is 91.4 Å². The van der Waals surface area contributed by atoms with Crippen LogP contribution >= 0.6 is 0 Å². The van der Waals surface area contributed by atoms with Crippen molar-refractivity contribution in [3.8, 4) is 0 Å². The van der Waals surface area contributed by atoms with Gasteiger partial charge in [-0.05, 0) is 74.8 Å². The summed E-state index contributed by atoms with van der Waals surface area (Å²) in [5.74, 6) is 4.47. The van der Waals surface area contributed by atoms with Crippen molar-refractivity contribution in [3.63, 3.8) is 0 Å². The molecule has 1 N–H and O–H groups in total. The van der Waals surface area contributed by atoms with Gasteiger partial charge in [0, 0.05) is 19.6 Å². The molecule has 4 unspecified atom stereocenters. The zero-order valence-corrected chi connectivity index (χ0v) is 22.1. The summed E-state index contributed by atoms with van der Waals surface area (Å²) in [6.45, 7) is 10.1. The molecule has 1 aliphatic heterocycles. The lowest BCUT2D eigenvalue weighted by molar-refractivity contribution is -0.155. The molecule has 2 heterocycles. The maximum Gasteiger partial charge on any atom is 0.311 e. The quantitative estimate of drug-likeness (QED) is 0.434. The Bertz CT molecular complexity index is 820. The van der Waals surface area contributed by atoms with Gasteiger partial charge in [-0.3, -0.25) is 4.79 Å². The van der Waals surface area contributed by atoms with E-state index in [-0.39, 0.29) is 11.4 Å². The van der Waals surface area contributed by atoms with Crippen molar-refractivity contribution in [1.29, 1.82) is 0 Å². The molecule has 0 spiro atoms.